The summed E-state index contributed by atoms with van der Waals surface area (Å²) in [6.07, 6.45) is 0. The van der Waals surface area contributed by atoms with Gasteiger partial charge in [0.1, 0.15) is 0 Å². The van der Waals surface area contributed by atoms with Gasteiger partial charge in [0, 0.05) is 11.1 Å². The molecule has 0 aromatic rings. The topological polar surface area (TPSA) is 54.4 Å². The van der Waals surface area contributed by atoms with Gasteiger partial charge in [0.05, 0.1) is 0 Å². The van der Waals surface area contributed by atoms with Crippen LogP contribution in [0.2, 0.25) is 0 Å². The molecule has 0 fully saturated rings. The van der Waals surface area contributed by atoms with Crippen LogP contribution in [0.1, 0.15) is 20.8 Å². The Hall–Kier alpha value is -1.12. The van der Waals surface area contributed by atoms with Crippen LogP contribution in [0.15, 0.2) is 11.1 Å². The first kappa shape index (κ1) is 8.88. The zero-order valence-corrected chi connectivity index (χ0v) is 6.26. The van der Waals surface area contributed by atoms with Gasteiger partial charge in [-0.25, -0.2) is 4.79 Å². The fourth-order valence-corrected chi connectivity index (χ4v) is 0.424. The standard InChI is InChI=1S/C7H10O3/c1-4(6(3)8)5(2)7(9)10/h1-3H3,(H,9,10)/b5-4+. The number of carbonyl (C=O) groups excluding carboxylic acids is 1. The van der Waals surface area contributed by atoms with E-state index < -0.39 is 5.97 Å². The summed E-state index contributed by atoms with van der Waals surface area (Å²) < 4.78 is 0. The SMILES string of the molecule is CC(=O)/C(C)=C(\C)C(=O)O. The lowest BCUT2D eigenvalue weighted by Gasteiger charge is -1.96. The molecule has 0 saturated carbocycles. The van der Waals surface area contributed by atoms with Crippen molar-refractivity contribution < 1.29 is 14.7 Å². The summed E-state index contributed by atoms with van der Waals surface area (Å²) in [6, 6.07) is 0. The number of carboxylic acid groups (broad SMARTS) is 1. The van der Waals surface area contributed by atoms with Crippen molar-refractivity contribution in [1.82, 2.24) is 0 Å². The van der Waals surface area contributed by atoms with Gasteiger partial charge in [-0.2, -0.15) is 0 Å². The van der Waals surface area contributed by atoms with Crippen LogP contribution in [0.5, 0.6) is 0 Å². The maximum atomic E-state index is 10.6. The molecule has 3 nitrogen and oxygen atoms in total. The zero-order chi connectivity index (χ0) is 8.31. The number of rotatable bonds is 2. The van der Waals surface area contributed by atoms with Crippen LogP contribution in [-0.2, 0) is 9.59 Å². The lowest BCUT2D eigenvalue weighted by atomic mass is 10.1. The van der Waals surface area contributed by atoms with Gasteiger partial charge in [0.25, 0.3) is 0 Å². The van der Waals surface area contributed by atoms with Gasteiger partial charge in [0.15, 0.2) is 5.78 Å². The summed E-state index contributed by atoms with van der Waals surface area (Å²) in [6.45, 7) is 4.27. The van der Waals surface area contributed by atoms with Gasteiger partial charge in [-0.15, -0.1) is 0 Å². The Morgan fingerprint density at radius 3 is 1.50 bits per heavy atom. The highest BCUT2D eigenvalue weighted by atomic mass is 16.4. The van der Waals surface area contributed by atoms with E-state index in [9.17, 15) is 9.59 Å². The highest BCUT2D eigenvalue weighted by molar-refractivity contribution is 6.01. The van der Waals surface area contributed by atoms with Gasteiger partial charge >= 0.3 is 5.97 Å². The molecule has 0 rings (SSSR count). The largest absolute Gasteiger partial charge is 0.478 e. The van der Waals surface area contributed by atoms with Crippen LogP contribution in [0.3, 0.4) is 0 Å². The number of allylic oxidation sites excluding steroid dienone is 1. The van der Waals surface area contributed by atoms with Crippen LogP contribution in [0.4, 0.5) is 0 Å². The second kappa shape index (κ2) is 3.15. The van der Waals surface area contributed by atoms with Crippen molar-refractivity contribution in [2.45, 2.75) is 20.8 Å². The van der Waals surface area contributed by atoms with Crippen molar-refractivity contribution in [1.29, 1.82) is 0 Å². The van der Waals surface area contributed by atoms with Crippen LogP contribution in [0.25, 0.3) is 0 Å². The van der Waals surface area contributed by atoms with Crippen molar-refractivity contribution in [2.75, 3.05) is 0 Å². The Bertz CT molecular complexity index is 179. The van der Waals surface area contributed by atoms with E-state index in [1.54, 1.807) is 0 Å². The van der Waals surface area contributed by atoms with Crippen LogP contribution in [-0.4, -0.2) is 16.9 Å². The maximum absolute atomic E-state index is 10.6. The predicted molar refractivity (Wildman–Crippen MR) is 36.7 cm³/mol. The molecule has 0 amide bonds. The summed E-state index contributed by atoms with van der Waals surface area (Å²) in [5.74, 6) is -1.23. The molecule has 56 valence electrons. The maximum Gasteiger partial charge on any atom is 0.331 e. The molecule has 10 heavy (non-hydrogen) atoms. The molecule has 0 aliphatic rings. The first-order chi connectivity index (χ1) is 4.46. The minimum atomic E-state index is -1.03. The summed E-state index contributed by atoms with van der Waals surface area (Å²) in [4.78, 5) is 20.8. The van der Waals surface area contributed by atoms with E-state index in [1.807, 2.05) is 0 Å². The number of carboxylic acids is 1. The molecular formula is C7H10O3. The number of hydrogen-bond acceptors (Lipinski definition) is 2. The Labute approximate surface area is 59.4 Å². The minimum Gasteiger partial charge on any atom is -0.478 e. The molecule has 0 atom stereocenters. The number of ketones is 1. The van der Waals surface area contributed by atoms with Crippen LogP contribution >= 0.6 is 0 Å². The van der Waals surface area contributed by atoms with E-state index in [1.165, 1.54) is 20.8 Å². The van der Waals surface area contributed by atoms with Crippen LogP contribution in [0, 0.1) is 0 Å². The molecule has 0 saturated heterocycles. The molecule has 1 N–H and O–H groups in total. The van der Waals surface area contributed by atoms with Gasteiger partial charge in [0.2, 0.25) is 0 Å². The smallest absolute Gasteiger partial charge is 0.331 e. The fraction of sp³-hybridized carbons (Fsp3) is 0.429. The summed E-state index contributed by atoms with van der Waals surface area (Å²) >= 11 is 0. The zero-order valence-electron chi connectivity index (χ0n) is 6.26. The fourth-order valence-electron chi connectivity index (χ4n) is 0.424. The molecule has 3 heteroatoms. The lowest BCUT2D eigenvalue weighted by Crippen LogP contribution is -2.04. The van der Waals surface area contributed by atoms with Crippen molar-refractivity contribution in [3.05, 3.63) is 11.1 Å². The van der Waals surface area contributed by atoms with E-state index in [0.717, 1.165) is 0 Å². The molecule has 0 bridgehead atoms. The van der Waals surface area contributed by atoms with E-state index >= 15 is 0 Å². The van der Waals surface area contributed by atoms with Crippen molar-refractivity contribution in [2.24, 2.45) is 0 Å². The van der Waals surface area contributed by atoms with Gasteiger partial charge < -0.3 is 5.11 Å². The number of hydrogen-bond donors (Lipinski definition) is 1. The van der Waals surface area contributed by atoms with Crippen molar-refractivity contribution in [3.63, 3.8) is 0 Å². The average molecular weight is 142 g/mol. The normalized spacial score (nSPS) is 12.3. The average Bonchev–Trinajstić information content (AvgIpc) is 1.84. The Balaban J connectivity index is 4.67. The highest BCUT2D eigenvalue weighted by Crippen LogP contribution is 2.03. The molecule has 0 radical (unpaired) electrons. The summed E-state index contributed by atoms with van der Waals surface area (Å²) in [5.41, 5.74) is 0.431. The second-order valence-electron chi connectivity index (χ2n) is 2.11. The second-order valence-corrected chi connectivity index (χ2v) is 2.11. The first-order valence-corrected chi connectivity index (χ1v) is 2.88. The molecule has 0 spiro atoms. The van der Waals surface area contributed by atoms with Gasteiger partial charge in [-0.3, -0.25) is 4.79 Å². The lowest BCUT2D eigenvalue weighted by molar-refractivity contribution is -0.133. The van der Waals surface area contributed by atoms with Crippen molar-refractivity contribution >= 4 is 11.8 Å². The van der Waals surface area contributed by atoms with E-state index in [-0.39, 0.29) is 11.4 Å². The summed E-state index contributed by atoms with van der Waals surface area (Å²) in [7, 11) is 0. The van der Waals surface area contributed by atoms with E-state index in [4.69, 9.17) is 5.11 Å². The van der Waals surface area contributed by atoms with Gasteiger partial charge in [-0.1, -0.05) is 0 Å². The number of aliphatic carboxylic acids is 1. The quantitative estimate of drug-likeness (QED) is 0.585. The monoisotopic (exact) mass is 142 g/mol. The van der Waals surface area contributed by atoms with Gasteiger partial charge in [-0.05, 0) is 20.8 Å². The van der Waals surface area contributed by atoms with E-state index in [0.29, 0.717) is 5.57 Å². The molecule has 0 aliphatic carbocycles. The van der Waals surface area contributed by atoms with Crippen LogP contribution < -0.4 is 0 Å². The first-order valence-electron chi connectivity index (χ1n) is 2.88. The van der Waals surface area contributed by atoms with Crippen molar-refractivity contribution in [3.8, 4) is 0 Å². The Kier molecular flexibility index (Phi) is 2.80. The Morgan fingerprint density at radius 1 is 1.00 bits per heavy atom. The highest BCUT2D eigenvalue weighted by Gasteiger charge is 2.07. The Morgan fingerprint density at radius 2 is 1.40 bits per heavy atom. The van der Waals surface area contributed by atoms with E-state index in [2.05, 4.69) is 0 Å². The number of Topliss-reactive ketones (excluding diaryl/α,β-unsaturated/α-hetero) is 1. The molecule has 0 heterocycles. The third-order valence-electron chi connectivity index (χ3n) is 1.41. The minimum absolute atomic E-state index is 0.118. The third kappa shape index (κ3) is 2.01. The predicted octanol–water partition coefficient (Wildman–Crippen LogP) is 0.996. The third-order valence-corrected chi connectivity index (χ3v) is 1.41. The molecule has 0 aromatic carbocycles. The molecule has 0 aromatic heterocycles. The molecule has 0 aliphatic heterocycles. The molecular weight excluding hydrogens is 132 g/mol. The molecule has 0 unspecified atom stereocenters. The summed E-state index contributed by atoms with van der Waals surface area (Å²) in [5, 5.41) is 8.39. The number of carbonyl (C=O) groups is 2.